The zero-order valence-corrected chi connectivity index (χ0v) is 22.0. The van der Waals surface area contributed by atoms with Gasteiger partial charge in [-0.25, -0.2) is 18.0 Å². The Labute approximate surface area is 213 Å². The van der Waals surface area contributed by atoms with E-state index in [0.717, 1.165) is 30.4 Å². The summed E-state index contributed by atoms with van der Waals surface area (Å²) in [5.41, 5.74) is 2.21. The molecule has 194 valence electrons. The lowest BCUT2D eigenvalue weighted by molar-refractivity contribution is -0.159. The van der Waals surface area contributed by atoms with Crippen molar-refractivity contribution >= 4 is 22.0 Å². The lowest BCUT2D eigenvalue weighted by Crippen LogP contribution is -2.36. The van der Waals surface area contributed by atoms with Crippen LogP contribution in [0.5, 0.6) is 0 Å². The zero-order chi connectivity index (χ0) is 25.9. The van der Waals surface area contributed by atoms with Gasteiger partial charge in [-0.15, -0.1) is 0 Å². The molecule has 7 nitrogen and oxygen atoms in total. The van der Waals surface area contributed by atoms with Gasteiger partial charge in [0.25, 0.3) is 0 Å². The summed E-state index contributed by atoms with van der Waals surface area (Å²) in [5, 5.41) is 0. The van der Waals surface area contributed by atoms with Gasteiger partial charge in [-0.2, -0.15) is 4.31 Å². The first-order valence-electron chi connectivity index (χ1n) is 12.7. The van der Waals surface area contributed by atoms with Crippen LogP contribution in [0, 0.1) is 17.8 Å². The Balaban J connectivity index is 1.38. The van der Waals surface area contributed by atoms with Crippen molar-refractivity contribution in [3.8, 4) is 0 Å². The molecule has 2 aromatic carbocycles. The Bertz CT molecular complexity index is 1210. The molecule has 2 aromatic rings. The van der Waals surface area contributed by atoms with E-state index in [-0.39, 0.29) is 23.1 Å². The summed E-state index contributed by atoms with van der Waals surface area (Å²) in [6, 6.07) is 13.6. The Morgan fingerprint density at radius 1 is 1.06 bits per heavy atom. The minimum atomic E-state index is -3.80. The lowest BCUT2D eigenvalue weighted by Gasteiger charge is -2.36. The number of fused-ring (bicyclic) bond motifs is 1. The first-order chi connectivity index (χ1) is 17.1. The van der Waals surface area contributed by atoms with Crippen molar-refractivity contribution in [2.45, 2.75) is 64.0 Å². The van der Waals surface area contributed by atoms with E-state index in [1.807, 2.05) is 24.3 Å². The monoisotopic (exact) mass is 513 g/mol. The fraction of sp³-hybridized carbons (Fsp3) is 0.500. The number of ether oxygens (including phenoxy) is 2. The minimum absolute atomic E-state index is 0.0230. The average Bonchev–Trinajstić information content (AvgIpc) is 2.87. The molecule has 1 fully saturated rings. The number of hydrogen-bond acceptors (Lipinski definition) is 6. The molecule has 3 atom stereocenters. The van der Waals surface area contributed by atoms with Crippen molar-refractivity contribution in [2.75, 3.05) is 13.2 Å². The predicted molar refractivity (Wildman–Crippen MR) is 136 cm³/mol. The Morgan fingerprint density at radius 2 is 1.81 bits per heavy atom. The van der Waals surface area contributed by atoms with Crippen LogP contribution in [0.15, 0.2) is 53.4 Å². The Morgan fingerprint density at radius 3 is 2.56 bits per heavy atom. The van der Waals surface area contributed by atoms with Crippen LogP contribution in [0.3, 0.4) is 0 Å². The van der Waals surface area contributed by atoms with Gasteiger partial charge in [0.1, 0.15) is 6.10 Å². The van der Waals surface area contributed by atoms with Gasteiger partial charge in [-0.1, -0.05) is 57.5 Å². The summed E-state index contributed by atoms with van der Waals surface area (Å²) in [6.07, 6.45) is 3.40. The maximum absolute atomic E-state index is 13.3. The summed E-state index contributed by atoms with van der Waals surface area (Å²) in [5.74, 6) is -0.159. The second-order valence-electron chi connectivity index (χ2n) is 10.3. The highest BCUT2D eigenvalue weighted by Crippen LogP contribution is 2.35. The normalized spacial score (nSPS) is 22.6. The van der Waals surface area contributed by atoms with Gasteiger partial charge in [-0.05, 0) is 66.3 Å². The third kappa shape index (κ3) is 5.98. The number of rotatable bonds is 7. The Kier molecular flexibility index (Phi) is 8.15. The smallest absolute Gasteiger partial charge is 0.344 e. The molecule has 0 N–H and O–H groups in total. The van der Waals surface area contributed by atoms with Crippen molar-refractivity contribution in [1.82, 2.24) is 4.31 Å². The molecule has 0 amide bonds. The molecule has 0 aromatic heterocycles. The standard InChI is InChI=1S/C28H35NO6S/c1-19(2)25-12-11-20(3)15-26(25)35-27(30)18-34-28(31)22-9-6-10-24(16-22)36(32,33)29-14-13-21-7-4-5-8-23(21)17-29/h4-10,16,19-20,25-26H,11-15,17-18H2,1-3H3/t20-,25-,26+/m1/s1. The largest absolute Gasteiger partial charge is 0.460 e. The average molecular weight is 514 g/mol. The van der Waals surface area contributed by atoms with Crippen molar-refractivity contribution in [3.63, 3.8) is 0 Å². The maximum Gasteiger partial charge on any atom is 0.344 e. The number of benzene rings is 2. The summed E-state index contributed by atoms with van der Waals surface area (Å²) < 4.78 is 38.8. The second-order valence-corrected chi connectivity index (χ2v) is 12.3. The highest BCUT2D eigenvalue weighted by Gasteiger charge is 2.34. The van der Waals surface area contributed by atoms with Crippen LogP contribution in [0.1, 0.15) is 61.5 Å². The number of carbonyl (C=O) groups excluding carboxylic acids is 2. The van der Waals surface area contributed by atoms with Crippen LogP contribution in [-0.4, -0.2) is 43.9 Å². The van der Waals surface area contributed by atoms with Crippen LogP contribution in [0.4, 0.5) is 0 Å². The van der Waals surface area contributed by atoms with Crippen LogP contribution in [0.2, 0.25) is 0 Å². The van der Waals surface area contributed by atoms with Crippen molar-refractivity contribution in [3.05, 3.63) is 65.2 Å². The molecule has 0 radical (unpaired) electrons. The third-order valence-corrected chi connectivity index (χ3v) is 9.21. The second kappa shape index (κ2) is 11.1. The molecule has 1 heterocycles. The van der Waals surface area contributed by atoms with E-state index >= 15 is 0 Å². The van der Waals surface area contributed by atoms with E-state index in [1.165, 1.54) is 28.6 Å². The molecular formula is C28H35NO6S. The molecule has 1 saturated carbocycles. The van der Waals surface area contributed by atoms with Crippen molar-refractivity contribution in [2.24, 2.45) is 17.8 Å². The van der Waals surface area contributed by atoms with Gasteiger partial charge in [0.05, 0.1) is 10.5 Å². The molecule has 1 aliphatic carbocycles. The number of nitrogens with zero attached hydrogens (tertiary/aromatic N) is 1. The molecule has 0 spiro atoms. The predicted octanol–water partition coefficient (Wildman–Crippen LogP) is 4.59. The van der Waals surface area contributed by atoms with Gasteiger partial charge < -0.3 is 9.47 Å². The van der Waals surface area contributed by atoms with Crippen LogP contribution in [0.25, 0.3) is 0 Å². The molecule has 0 unspecified atom stereocenters. The van der Waals surface area contributed by atoms with E-state index in [9.17, 15) is 18.0 Å². The molecular weight excluding hydrogens is 478 g/mol. The molecule has 36 heavy (non-hydrogen) atoms. The van der Waals surface area contributed by atoms with E-state index in [2.05, 4.69) is 20.8 Å². The fourth-order valence-electron chi connectivity index (χ4n) is 5.27. The third-order valence-electron chi connectivity index (χ3n) is 7.37. The molecule has 0 saturated heterocycles. The van der Waals surface area contributed by atoms with E-state index in [0.29, 0.717) is 30.7 Å². The Hall–Kier alpha value is -2.71. The highest BCUT2D eigenvalue weighted by molar-refractivity contribution is 7.89. The molecule has 1 aliphatic heterocycles. The molecule has 8 heteroatoms. The zero-order valence-electron chi connectivity index (χ0n) is 21.2. The van der Waals surface area contributed by atoms with E-state index < -0.39 is 28.6 Å². The first kappa shape index (κ1) is 26.4. The van der Waals surface area contributed by atoms with E-state index in [1.54, 1.807) is 0 Å². The van der Waals surface area contributed by atoms with Gasteiger partial charge in [0.15, 0.2) is 6.61 Å². The number of esters is 2. The molecule has 0 bridgehead atoms. The van der Waals surface area contributed by atoms with Crippen LogP contribution >= 0.6 is 0 Å². The topological polar surface area (TPSA) is 90.0 Å². The molecule has 4 rings (SSSR count). The summed E-state index contributed by atoms with van der Waals surface area (Å²) in [6.45, 7) is 6.57. The van der Waals surface area contributed by atoms with Gasteiger partial charge >= 0.3 is 11.9 Å². The quantitative estimate of drug-likeness (QED) is 0.503. The van der Waals surface area contributed by atoms with E-state index in [4.69, 9.17) is 9.47 Å². The fourth-order valence-corrected chi connectivity index (χ4v) is 6.73. The molecule has 2 aliphatic rings. The van der Waals surface area contributed by atoms with Gasteiger partial charge in [0, 0.05) is 13.1 Å². The maximum atomic E-state index is 13.3. The van der Waals surface area contributed by atoms with Crippen molar-refractivity contribution < 1.29 is 27.5 Å². The summed E-state index contributed by atoms with van der Waals surface area (Å²) in [7, 11) is -3.80. The highest BCUT2D eigenvalue weighted by atomic mass is 32.2. The summed E-state index contributed by atoms with van der Waals surface area (Å²) in [4.78, 5) is 25.1. The number of hydrogen-bond donors (Lipinski definition) is 0. The van der Waals surface area contributed by atoms with Gasteiger partial charge in [0.2, 0.25) is 10.0 Å². The lowest BCUT2D eigenvalue weighted by atomic mass is 9.75. The number of carbonyl (C=O) groups is 2. The first-order valence-corrected chi connectivity index (χ1v) is 14.1. The SMILES string of the molecule is CC(C)[C@H]1CC[C@@H](C)C[C@@H]1OC(=O)COC(=O)c1cccc(S(=O)(=O)N2CCc3ccccc3C2)c1. The van der Waals surface area contributed by atoms with Crippen molar-refractivity contribution in [1.29, 1.82) is 0 Å². The van der Waals surface area contributed by atoms with Gasteiger partial charge in [-0.3, -0.25) is 0 Å². The van der Waals surface area contributed by atoms with Crippen LogP contribution in [-0.2, 0) is 37.3 Å². The summed E-state index contributed by atoms with van der Waals surface area (Å²) >= 11 is 0. The minimum Gasteiger partial charge on any atom is -0.460 e. The van der Waals surface area contributed by atoms with Crippen LogP contribution < -0.4 is 0 Å². The number of sulfonamides is 1.